The number of halogens is 3. The van der Waals surface area contributed by atoms with E-state index in [1.54, 1.807) is 0 Å². The molecule has 1 unspecified atom stereocenters. The summed E-state index contributed by atoms with van der Waals surface area (Å²) in [6.45, 7) is 3.90. The van der Waals surface area contributed by atoms with E-state index < -0.39 is 17.7 Å². The zero-order chi connectivity index (χ0) is 14.9. The first-order chi connectivity index (χ1) is 9.36. The van der Waals surface area contributed by atoms with Gasteiger partial charge in [-0.15, -0.1) is 0 Å². The lowest BCUT2D eigenvalue weighted by atomic mass is 9.98. The van der Waals surface area contributed by atoms with Gasteiger partial charge in [0.05, 0.1) is 11.7 Å². The molecule has 0 aliphatic heterocycles. The molecule has 2 aromatic carbocycles. The van der Waals surface area contributed by atoms with Crippen LogP contribution in [-0.4, -0.2) is 5.11 Å². The maximum Gasteiger partial charge on any atom is 0.133 e. The molecular formula is C16H15BrF2O. The van der Waals surface area contributed by atoms with Gasteiger partial charge >= 0.3 is 0 Å². The maximum atomic E-state index is 13.8. The van der Waals surface area contributed by atoms with Gasteiger partial charge in [0.1, 0.15) is 11.6 Å². The lowest BCUT2D eigenvalue weighted by molar-refractivity contribution is 0.168. The summed E-state index contributed by atoms with van der Waals surface area (Å²) in [6, 6.07) is 8.14. The van der Waals surface area contributed by atoms with Crippen LogP contribution in [0, 0.1) is 25.5 Å². The van der Waals surface area contributed by atoms with Gasteiger partial charge in [0.25, 0.3) is 0 Å². The Balaban J connectivity index is 2.30. The zero-order valence-corrected chi connectivity index (χ0v) is 12.8. The SMILES string of the molecule is Cc1cc(C)cc(CC(O)c2c(F)cc(Br)cc2F)c1. The van der Waals surface area contributed by atoms with E-state index in [1.165, 1.54) is 0 Å². The van der Waals surface area contributed by atoms with E-state index in [4.69, 9.17) is 0 Å². The predicted octanol–water partition coefficient (Wildman–Crippen LogP) is 4.62. The van der Waals surface area contributed by atoms with Crippen molar-refractivity contribution in [1.82, 2.24) is 0 Å². The third kappa shape index (κ3) is 3.44. The third-order valence-corrected chi connectivity index (χ3v) is 3.55. The van der Waals surface area contributed by atoms with Gasteiger partial charge in [0, 0.05) is 10.9 Å². The molecule has 0 aliphatic rings. The minimum Gasteiger partial charge on any atom is -0.388 e. The van der Waals surface area contributed by atoms with Gasteiger partial charge in [-0.05, 0) is 31.5 Å². The number of benzene rings is 2. The van der Waals surface area contributed by atoms with Crippen LogP contribution in [0.4, 0.5) is 8.78 Å². The summed E-state index contributed by atoms with van der Waals surface area (Å²) in [6.07, 6.45) is -1.03. The largest absolute Gasteiger partial charge is 0.388 e. The highest BCUT2D eigenvalue weighted by Gasteiger charge is 2.19. The van der Waals surface area contributed by atoms with Crippen LogP contribution in [0.3, 0.4) is 0 Å². The highest BCUT2D eigenvalue weighted by molar-refractivity contribution is 9.10. The van der Waals surface area contributed by atoms with Crippen LogP contribution in [0.1, 0.15) is 28.4 Å². The van der Waals surface area contributed by atoms with Crippen LogP contribution in [0.5, 0.6) is 0 Å². The minimum absolute atomic E-state index is 0.179. The Kier molecular flexibility index (Phi) is 4.55. The molecule has 0 spiro atoms. The van der Waals surface area contributed by atoms with E-state index >= 15 is 0 Å². The molecule has 20 heavy (non-hydrogen) atoms. The molecule has 0 aromatic heterocycles. The van der Waals surface area contributed by atoms with Crippen molar-refractivity contribution in [1.29, 1.82) is 0 Å². The first kappa shape index (κ1) is 15.1. The fraction of sp³-hybridized carbons (Fsp3) is 0.250. The average molecular weight is 341 g/mol. The Morgan fingerprint density at radius 2 is 1.50 bits per heavy atom. The Labute approximate surface area is 125 Å². The van der Waals surface area contributed by atoms with Crippen LogP contribution >= 0.6 is 15.9 Å². The molecule has 1 atom stereocenters. The predicted molar refractivity (Wildman–Crippen MR) is 78.6 cm³/mol. The highest BCUT2D eigenvalue weighted by atomic mass is 79.9. The van der Waals surface area contributed by atoms with E-state index in [-0.39, 0.29) is 12.0 Å². The van der Waals surface area contributed by atoms with Crippen molar-refractivity contribution in [3.8, 4) is 0 Å². The summed E-state index contributed by atoms with van der Waals surface area (Å²) in [5.41, 5.74) is 2.69. The summed E-state index contributed by atoms with van der Waals surface area (Å²) in [7, 11) is 0. The Bertz CT molecular complexity index is 597. The van der Waals surface area contributed by atoms with Crippen molar-refractivity contribution in [3.63, 3.8) is 0 Å². The van der Waals surface area contributed by atoms with E-state index in [9.17, 15) is 13.9 Å². The molecule has 0 radical (unpaired) electrons. The van der Waals surface area contributed by atoms with Crippen LogP contribution in [0.15, 0.2) is 34.8 Å². The molecule has 0 fully saturated rings. The quantitative estimate of drug-likeness (QED) is 0.864. The van der Waals surface area contributed by atoms with Gasteiger partial charge in [-0.2, -0.15) is 0 Å². The van der Waals surface area contributed by atoms with Gasteiger partial charge in [0.2, 0.25) is 0 Å². The molecule has 4 heteroatoms. The molecule has 0 bridgehead atoms. The monoisotopic (exact) mass is 340 g/mol. The lowest BCUT2D eigenvalue weighted by Gasteiger charge is -2.14. The number of aliphatic hydroxyl groups is 1. The second kappa shape index (κ2) is 6.02. The summed E-state index contributed by atoms with van der Waals surface area (Å²) in [5, 5.41) is 10.1. The van der Waals surface area contributed by atoms with Crippen molar-refractivity contribution >= 4 is 15.9 Å². The zero-order valence-electron chi connectivity index (χ0n) is 11.3. The number of rotatable bonds is 3. The molecule has 0 heterocycles. The number of aliphatic hydroxyl groups excluding tert-OH is 1. The molecule has 0 amide bonds. The lowest BCUT2D eigenvalue weighted by Crippen LogP contribution is -2.08. The molecule has 1 nitrogen and oxygen atoms in total. The Hall–Kier alpha value is -1.26. The summed E-state index contributed by atoms with van der Waals surface area (Å²) < 4.78 is 27.9. The first-order valence-electron chi connectivity index (χ1n) is 6.26. The fourth-order valence-corrected chi connectivity index (χ4v) is 2.79. The van der Waals surface area contributed by atoms with Crippen molar-refractivity contribution in [2.75, 3.05) is 0 Å². The molecule has 2 aromatic rings. The van der Waals surface area contributed by atoms with Crippen molar-refractivity contribution < 1.29 is 13.9 Å². The summed E-state index contributed by atoms with van der Waals surface area (Å²) in [4.78, 5) is 0. The topological polar surface area (TPSA) is 20.2 Å². The average Bonchev–Trinajstić information content (AvgIpc) is 2.25. The van der Waals surface area contributed by atoms with E-state index in [0.29, 0.717) is 4.47 Å². The van der Waals surface area contributed by atoms with Crippen LogP contribution in [0.25, 0.3) is 0 Å². The van der Waals surface area contributed by atoms with Crippen molar-refractivity contribution in [2.24, 2.45) is 0 Å². The number of hydrogen-bond acceptors (Lipinski definition) is 1. The second-order valence-electron chi connectivity index (χ2n) is 5.00. The molecule has 1 N–H and O–H groups in total. The Morgan fingerprint density at radius 1 is 1.00 bits per heavy atom. The van der Waals surface area contributed by atoms with Crippen molar-refractivity contribution in [3.05, 3.63) is 68.7 Å². The smallest absolute Gasteiger partial charge is 0.133 e. The molecule has 106 valence electrons. The first-order valence-corrected chi connectivity index (χ1v) is 7.06. The van der Waals surface area contributed by atoms with Crippen LogP contribution in [0.2, 0.25) is 0 Å². The molecule has 0 aliphatic carbocycles. The standard InChI is InChI=1S/C16H15BrF2O/c1-9-3-10(2)5-11(4-9)6-15(20)16-13(18)7-12(17)8-14(16)19/h3-5,7-8,15,20H,6H2,1-2H3. The van der Waals surface area contributed by atoms with Gasteiger partial charge in [-0.25, -0.2) is 8.78 Å². The van der Waals surface area contributed by atoms with Gasteiger partial charge in [-0.3, -0.25) is 0 Å². The maximum absolute atomic E-state index is 13.8. The Morgan fingerprint density at radius 3 is 2.00 bits per heavy atom. The van der Waals surface area contributed by atoms with E-state index in [2.05, 4.69) is 15.9 Å². The minimum atomic E-state index is -1.20. The summed E-state index contributed by atoms with van der Waals surface area (Å²) >= 11 is 3.02. The summed E-state index contributed by atoms with van der Waals surface area (Å²) in [5.74, 6) is -1.48. The van der Waals surface area contributed by atoms with Crippen molar-refractivity contribution in [2.45, 2.75) is 26.4 Å². The second-order valence-corrected chi connectivity index (χ2v) is 5.91. The third-order valence-electron chi connectivity index (χ3n) is 3.09. The highest BCUT2D eigenvalue weighted by Crippen LogP contribution is 2.27. The molecule has 0 saturated carbocycles. The van der Waals surface area contributed by atoms with Crippen LogP contribution < -0.4 is 0 Å². The van der Waals surface area contributed by atoms with E-state index in [1.807, 2.05) is 32.0 Å². The fourth-order valence-electron chi connectivity index (χ4n) is 2.38. The van der Waals surface area contributed by atoms with Gasteiger partial charge in [0.15, 0.2) is 0 Å². The van der Waals surface area contributed by atoms with Gasteiger partial charge < -0.3 is 5.11 Å². The van der Waals surface area contributed by atoms with Crippen LogP contribution in [-0.2, 0) is 6.42 Å². The molecular weight excluding hydrogens is 326 g/mol. The number of hydrogen-bond donors (Lipinski definition) is 1. The molecule has 0 saturated heterocycles. The molecule has 2 rings (SSSR count). The van der Waals surface area contributed by atoms with E-state index in [0.717, 1.165) is 28.8 Å². The van der Waals surface area contributed by atoms with Gasteiger partial charge in [-0.1, -0.05) is 45.3 Å². The number of aryl methyl sites for hydroxylation is 2. The normalized spacial score (nSPS) is 12.5.